The predicted octanol–water partition coefficient (Wildman–Crippen LogP) is 1.75. The van der Waals surface area contributed by atoms with Gasteiger partial charge in [0, 0.05) is 39.3 Å². The number of nitrogens with zero attached hydrogens (tertiary/aromatic N) is 2. The Labute approximate surface area is 182 Å². The van der Waals surface area contributed by atoms with Crippen LogP contribution in [0.1, 0.15) is 20.8 Å². The normalized spacial score (nSPS) is 23.1. The topological polar surface area (TPSA) is 83.1 Å². The number of esters is 1. The van der Waals surface area contributed by atoms with Gasteiger partial charge in [0.25, 0.3) is 0 Å². The third-order valence-corrected chi connectivity index (χ3v) is 4.51. The second-order valence-corrected chi connectivity index (χ2v) is 8.28. The number of halogens is 6. The summed E-state index contributed by atoms with van der Waals surface area (Å²) in [5, 5.41) is 4.98. The van der Waals surface area contributed by atoms with Crippen molar-refractivity contribution in [2.24, 2.45) is 0 Å². The maximum absolute atomic E-state index is 12.5. The number of piperazine rings is 2. The number of nitrogens with one attached hydrogen (secondary N) is 2. The highest BCUT2D eigenvalue weighted by molar-refractivity contribution is 5.71. The molecule has 188 valence electrons. The van der Waals surface area contributed by atoms with Gasteiger partial charge in [0.15, 0.2) is 0 Å². The van der Waals surface area contributed by atoms with Crippen molar-refractivity contribution in [3.8, 4) is 0 Å². The van der Waals surface area contributed by atoms with E-state index in [1.54, 1.807) is 20.8 Å². The predicted molar refractivity (Wildman–Crippen MR) is 102 cm³/mol. The van der Waals surface area contributed by atoms with Crippen molar-refractivity contribution in [3.05, 3.63) is 0 Å². The summed E-state index contributed by atoms with van der Waals surface area (Å²) in [6.07, 6.45) is -9.37. The molecular formula is C18H30F6N4O4. The van der Waals surface area contributed by atoms with Gasteiger partial charge in [-0.15, -0.1) is 0 Å². The molecule has 0 unspecified atom stereocenters. The number of methoxy groups -OCH3 is 1. The van der Waals surface area contributed by atoms with Crippen molar-refractivity contribution in [2.75, 3.05) is 52.9 Å². The summed E-state index contributed by atoms with van der Waals surface area (Å²) in [6.45, 7) is 5.10. The van der Waals surface area contributed by atoms with E-state index < -0.39 is 48.6 Å². The van der Waals surface area contributed by atoms with E-state index in [1.807, 2.05) is 0 Å². The Bertz CT molecular complexity index is 624. The smallest absolute Gasteiger partial charge is 0.410 e. The second kappa shape index (κ2) is 11.4. The molecule has 2 heterocycles. The average molecular weight is 480 g/mol. The Morgan fingerprint density at radius 3 is 2.12 bits per heavy atom. The Morgan fingerprint density at radius 1 is 1.00 bits per heavy atom. The summed E-state index contributed by atoms with van der Waals surface area (Å²) in [7, 11) is 1.16. The molecule has 2 fully saturated rings. The van der Waals surface area contributed by atoms with Gasteiger partial charge in [-0.25, -0.2) is 4.79 Å². The molecule has 2 saturated heterocycles. The molecule has 0 bridgehead atoms. The number of ether oxygens (including phenoxy) is 2. The Kier molecular flexibility index (Phi) is 10.0. The lowest BCUT2D eigenvalue weighted by molar-refractivity contribution is -0.189. The van der Waals surface area contributed by atoms with Crippen molar-refractivity contribution in [1.29, 1.82) is 0 Å². The van der Waals surface area contributed by atoms with Gasteiger partial charge in [-0.3, -0.25) is 9.69 Å². The lowest BCUT2D eigenvalue weighted by atomic mass is 10.2. The van der Waals surface area contributed by atoms with Crippen molar-refractivity contribution < 1.29 is 45.4 Å². The van der Waals surface area contributed by atoms with Crippen LogP contribution in [0.25, 0.3) is 0 Å². The zero-order valence-electron chi connectivity index (χ0n) is 18.4. The Hall–Kier alpha value is -1.80. The van der Waals surface area contributed by atoms with E-state index in [1.165, 1.54) is 0 Å². The van der Waals surface area contributed by atoms with Crippen LogP contribution in [-0.2, 0) is 14.3 Å². The van der Waals surface area contributed by atoms with Gasteiger partial charge in [0.05, 0.1) is 13.7 Å². The molecule has 0 aliphatic carbocycles. The van der Waals surface area contributed by atoms with Crippen LogP contribution in [0.5, 0.6) is 0 Å². The van der Waals surface area contributed by atoms with Gasteiger partial charge < -0.3 is 25.0 Å². The van der Waals surface area contributed by atoms with Crippen LogP contribution >= 0.6 is 0 Å². The molecule has 2 N–H and O–H groups in total. The van der Waals surface area contributed by atoms with Crippen LogP contribution in [0.3, 0.4) is 0 Å². The minimum absolute atomic E-state index is 0.115. The van der Waals surface area contributed by atoms with Crippen LogP contribution in [-0.4, -0.2) is 105 Å². The lowest BCUT2D eigenvalue weighted by Gasteiger charge is -2.36. The first kappa shape index (κ1) is 28.2. The van der Waals surface area contributed by atoms with E-state index in [4.69, 9.17) is 4.74 Å². The third kappa shape index (κ3) is 9.77. The number of carbonyl (C=O) groups is 2. The first-order chi connectivity index (χ1) is 14.5. The molecule has 0 aromatic rings. The van der Waals surface area contributed by atoms with E-state index in [-0.39, 0.29) is 32.7 Å². The Morgan fingerprint density at radius 2 is 1.62 bits per heavy atom. The monoisotopic (exact) mass is 480 g/mol. The first-order valence-electron chi connectivity index (χ1n) is 9.91. The molecule has 32 heavy (non-hydrogen) atoms. The number of hydrogen-bond donors (Lipinski definition) is 2. The third-order valence-electron chi connectivity index (χ3n) is 4.51. The van der Waals surface area contributed by atoms with E-state index in [0.717, 1.165) is 16.9 Å². The highest BCUT2D eigenvalue weighted by Crippen LogP contribution is 2.25. The maximum atomic E-state index is 12.5. The van der Waals surface area contributed by atoms with Gasteiger partial charge in [-0.05, 0) is 20.8 Å². The maximum Gasteiger partial charge on any atom is 0.410 e. The van der Waals surface area contributed by atoms with Crippen LogP contribution in [0.15, 0.2) is 0 Å². The van der Waals surface area contributed by atoms with Crippen molar-refractivity contribution in [2.45, 2.75) is 50.8 Å². The fourth-order valence-corrected chi connectivity index (χ4v) is 2.95. The highest BCUT2D eigenvalue weighted by Gasteiger charge is 2.45. The zero-order valence-corrected chi connectivity index (χ0v) is 18.4. The van der Waals surface area contributed by atoms with Crippen LogP contribution in [0.2, 0.25) is 0 Å². The molecule has 8 nitrogen and oxygen atoms in total. The molecule has 2 rings (SSSR count). The summed E-state index contributed by atoms with van der Waals surface area (Å²) < 4.78 is 84.3. The summed E-state index contributed by atoms with van der Waals surface area (Å²) in [4.78, 5) is 24.7. The quantitative estimate of drug-likeness (QED) is 0.460. The SMILES string of the molecule is CC(C)(C)OC(=O)N1CCN[C@@H](C(F)(F)F)C1.COC(=O)CN1CCNC[C@@H]1C(F)(F)F. The van der Waals surface area contributed by atoms with Crippen LogP contribution in [0, 0.1) is 0 Å². The minimum Gasteiger partial charge on any atom is -0.468 e. The van der Waals surface area contributed by atoms with Crippen molar-refractivity contribution >= 4 is 12.1 Å². The van der Waals surface area contributed by atoms with Gasteiger partial charge in [0.2, 0.25) is 0 Å². The second-order valence-electron chi connectivity index (χ2n) is 8.28. The van der Waals surface area contributed by atoms with Gasteiger partial charge in [-0.2, -0.15) is 26.3 Å². The van der Waals surface area contributed by atoms with Crippen LogP contribution < -0.4 is 10.6 Å². The standard InChI is InChI=1S/C10H17F3N2O2.C8H13F3N2O2/c1-9(2,3)17-8(16)15-5-4-14-7(6-15)10(11,12)13;1-15-7(14)5-13-3-2-12-4-6(13)8(9,10)11/h7,14H,4-6H2,1-3H3;6,12H,2-5H2,1H3/t7-;6-/m11/s1. The molecule has 1 amide bonds. The molecule has 14 heteroatoms. The molecule has 2 atom stereocenters. The summed E-state index contributed by atoms with van der Waals surface area (Å²) in [5.41, 5.74) is -0.699. The number of hydrogen-bond acceptors (Lipinski definition) is 7. The fourth-order valence-electron chi connectivity index (χ4n) is 2.95. The first-order valence-corrected chi connectivity index (χ1v) is 9.91. The summed E-state index contributed by atoms with van der Waals surface area (Å²) in [5.74, 6) is -0.647. The zero-order chi connectivity index (χ0) is 24.7. The molecule has 0 radical (unpaired) electrons. The molecule has 0 spiro atoms. The molecule has 2 aliphatic rings. The van der Waals surface area contributed by atoms with E-state index >= 15 is 0 Å². The lowest BCUT2D eigenvalue weighted by Crippen LogP contribution is -2.58. The molecule has 2 aliphatic heterocycles. The van der Waals surface area contributed by atoms with Crippen molar-refractivity contribution in [3.63, 3.8) is 0 Å². The number of rotatable bonds is 2. The van der Waals surface area contributed by atoms with E-state index in [0.29, 0.717) is 6.54 Å². The molecule has 0 aromatic heterocycles. The Balaban J connectivity index is 0.000000323. The van der Waals surface area contributed by atoms with E-state index in [2.05, 4.69) is 15.4 Å². The largest absolute Gasteiger partial charge is 0.468 e. The molecular weight excluding hydrogens is 450 g/mol. The van der Waals surface area contributed by atoms with Gasteiger partial charge in [0.1, 0.15) is 17.7 Å². The highest BCUT2D eigenvalue weighted by atomic mass is 19.4. The summed E-state index contributed by atoms with van der Waals surface area (Å²) >= 11 is 0. The fraction of sp³-hybridized carbons (Fsp3) is 0.889. The number of alkyl halides is 6. The van der Waals surface area contributed by atoms with E-state index in [9.17, 15) is 35.9 Å². The molecule has 0 saturated carbocycles. The molecule has 0 aromatic carbocycles. The van der Waals surface area contributed by atoms with Crippen LogP contribution in [0.4, 0.5) is 31.1 Å². The number of amides is 1. The summed E-state index contributed by atoms with van der Waals surface area (Å²) in [6, 6.07) is -3.28. The minimum atomic E-state index is -4.35. The van der Waals surface area contributed by atoms with Crippen molar-refractivity contribution in [1.82, 2.24) is 20.4 Å². The number of carbonyl (C=O) groups excluding carboxylic acids is 2. The average Bonchev–Trinajstić information content (AvgIpc) is 2.66. The van der Waals surface area contributed by atoms with Gasteiger partial charge >= 0.3 is 24.4 Å². The van der Waals surface area contributed by atoms with Gasteiger partial charge in [-0.1, -0.05) is 0 Å².